The van der Waals surface area contributed by atoms with Gasteiger partial charge in [0.25, 0.3) is 0 Å². The molecule has 1 N–H and O–H groups in total. The smallest absolute Gasteiger partial charge is 0.326 e. The lowest BCUT2D eigenvalue weighted by molar-refractivity contribution is -0.144. The van der Waals surface area contributed by atoms with Gasteiger partial charge in [0.15, 0.2) is 0 Å². The van der Waals surface area contributed by atoms with Crippen LogP contribution in [0.5, 0.6) is 0 Å². The maximum Gasteiger partial charge on any atom is 0.326 e. The minimum Gasteiger partial charge on any atom is -0.468 e. The third-order valence-corrected chi connectivity index (χ3v) is 2.00. The molecule has 0 atom stereocenters. The van der Waals surface area contributed by atoms with Gasteiger partial charge in [-0.25, -0.2) is 0 Å². The van der Waals surface area contributed by atoms with Gasteiger partial charge in [-0.15, -0.1) is 0 Å². The van der Waals surface area contributed by atoms with Crippen LogP contribution in [0.4, 0.5) is 0 Å². The average molecular weight is 171 g/mol. The quantitative estimate of drug-likeness (QED) is 0.599. The number of ketones is 1. The second-order valence-corrected chi connectivity index (χ2v) is 3.13. The summed E-state index contributed by atoms with van der Waals surface area (Å²) in [6, 6.07) is 0. The first kappa shape index (κ1) is 9.19. The zero-order valence-electron chi connectivity index (χ0n) is 7.35. The Morgan fingerprint density at radius 2 is 2.08 bits per heavy atom. The summed E-state index contributed by atoms with van der Waals surface area (Å²) in [6.07, 6.45) is 1.54. The van der Waals surface area contributed by atoms with Crippen LogP contribution in [0.1, 0.15) is 19.8 Å². The number of ether oxygens (including phenoxy) is 1. The normalized spacial score (nSPS) is 18.5. The van der Waals surface area contributed by atoms with Crippen LogP contribution < -0.4 is 5.32 Å². The van der Waals surface area contributed by atoms with E-state index in [1.54, 1.807) is 0 Å². The summed E-state index contributed by atoms with van der Waals surface area (Å²) in [7, 11) is 1.36. The first-order valence-electron chi connectivity index (χ1n) is 3.93. The number of carbonyl (C=O) groups is 2. The van der Waals surface area contributed by atoms with E-state index in [1.807, 2.05) is 0 Å². The lowest BCUT2D eigenvalue weighted by atomic mass is 10.2. The van der Waals surface area contributed by atoms with E-state index >= 15 is 0 Å². The molecule has 12 heavy (non-hydrogen) atoms. The molecule has 0 radical (unpaired) electrons. The lowest BCUT2D eigenvalue weighted by Crippen LogP contribution is -2.42. The zero-order valence-corrected chi connectivity index (χ0v) is 7.35. The molecular formula is C8H13NO3. The number of methoxy groups -OCH3 is 1. The summed E-state index contributed by atoms with van der Waals surface area (Å²) >= 11 is 0. The van der Waals surface area contributed by atoms with E-state index in [2.05, 4.69) is 10.1 Å². The van der Waals surface area contributed by atoms with Crippen LogP contribution in [0.2, 0.25) is 0 Å². The molecule has 4 heteroatoms. The Hall–Kier alpha value is -0.900. The Labute approximate surface area is 71.3 Å². The summed E-state index contributed by atoms with van der Waals surface area (Å²) < 4.78 is 4.60. The zero-order chi connectivity index (χ0) is 9.19. The largest absolute Gasteiger partial charge is 0.468 e. The number of hydrogen-bond acceptors (Lipinski definition) is 4. The molecule has 0 unspecified atom stereocenters. The molecule has 0 aromatic heterocycles. The van der Waals surface area contributed by atoms with E-state index in [4.69, 9.17) is 0 Å². The van der Waals surface area contributed by atoms with Crippen molar-refractivity contribution in [1.29, 1.82) is 0 Å². The number of hydrogen-bond donors (Lipinski definition) is 1. The predicted molar refractivity (Wildman–Crippen MR) is 42.7 cm³/mol. The second kappa shape index (κ2) is 3.23. The van der Waals surface area contributed by atoms with E-state index < -0.39 is 5.54 Å². The summed E-state index contributed by atoms with van der Waals surface area (Å²) in [5.74, 6) is -0.228. The van der Waals surface area contributed by atoms with E-state index in [0.717, 1.165) is 12.8 Å². The Morgan fingerprint density at radius 3 is 2.42 bits per heavy atom. The van der Waals surface area contributed by atoms with Crippen molar-refractivity contribution in [3.63, 3.8) is 0 Å². The third-order valence-electron chi connectivity index (χ3n) is 2.00. The number of carbonyl (C=O) groups excluding carboxylic acids is 2. The van der Waals surface area contributed by atoms with Crippen LogP contribution in [0.15, 0.2) is 0 Å². The first-order valence-corrected chi connectivity index (χ1v) is 3.93. The van der Waals surface area contributed by atoms with E-state index in [-0.39, 0.29) is 18.3 Å². The van der Waals surface area contributed by atoms with Gasteiger partial charge in [0.05, 0.1) is 13.7 Å². The van der Waals surface area contributed by atoms with Crippen molar-refractivity contribution in [1.82, 2.24) is 5.32 Å². The number of nitrogens with one attached hydrogen (secondary N) is 1. The maximum atomic E-state index is 11.1. The van der Waals surface area contributed by atoms with Gasteiger partial charge in [0.1, 0.15) is 11.3 Å². The maximum absolute atomic E-state index is 11.1. The standard InChI is InChI=1S/C8H13NO3/c1-6(10)5-9-8(3-4-8)7(11)12-2/h9H,3-5H2,1-2H3. The monoisotopic (exact) mass is 171 g/mol. The molecule has 1 rings (SSSR count). The summed E-state index contributed by atoms with van der Waals surface area (Å²) in [4.78, 5) is 21.7. The SMILES string of the molecule is COC(=O)C1(NCC(C)=O)CC1. The van der Waals surface area contributed by atoms with E-state index in [0.29, 0.717) is 0 Å². The summed E-state index contributed by atoms with van der Waals surface area (Å²) in [5.41, 5.74) is -0.541. The van der Waals surface area contributed by atoms with Gasteiger partial charge in [-0.1, -0.05) is 0 Å². The molecule has 4 nitrogen and oxygen atoms in total. The predicted octanol–water partition coefficient (Wildman–Crippen LogP) is -0.129. The van der Waals surface area contributed by atoms with Gasteiger partial charge in [0.2, 0.25) is 0 Å². The number of rotatable bonds is 4. The van der Waals surface area contributed by atoms with Crippen molar-refractivity contribution >= 4 is 11.8 Å². The molecule has 1 aliphatic carbocycles. The molecule has 0 aliphatic heterocycles. The highest BCUT2D eigenvalue weighted by atomic mass is 16.5. The topological polar surface area (TPSA) is 55.4 Å². The molecule has 1 aliphatic rings. The molecule has 68 valence electrons. The first-order chi connectivity index (χ1) is 5.60. The molecule has 0 aromatic rings. The van der Waals surface area contributed by atoms with Crippen molar-refractivity contribution in [2.24, 2.45) is 0 Å². The van der Waals surface area contributed by atoms with Crippen molar-refractivity contribution in [3.8, 4) is 0 Å². The lowest BCUT2D eigenvalue weighted by Gasteiger charge is -2.12. The molecule has 1 fully saturated rings. The van der Waals surface area contributed by atoms with Crippen LogP contribution in [-0.2, 0) is 14.3 Å². The minimum absolute atomic E-state index is 0.0326. The third kappa shape index (κ3) is 1.82. The van der Waals surface area contributed by atoms with Crippen molar-refractivity contribution in [3.05, 3.63) is 0 Å². The molecule has 0 heterocycles. The van der Waals surface area contributed by atoms with Crippen LogP contribution >= 0.6 is 0 Å². The number of Topliss-reactive ketones (excluding diaryl/α,β-unsaturated/α-hetero) is 1. The summed E-state index contributed by atoms with van der Waals surface area (Å²) in [5, 5.41) is 2.90. The van der Waals surface area contributed by atoms with Gasteiger partial charge < -0.3 is 4.74 Å². The van der Waals surface area contributed by atoms with Crippen LogP contribution in [0.25, 0.3) is 0 Å². The highest BCUT2D eigenvalue weighted by Crippen LogP contribution is 2.36. The molecular weight excluding hydrogens is 158 g/mol. The van der Waals surface area contributed by atoms with Gasteiger partial charge in [-0.05, 0) is 19.8 Å². The highest BCUT2D eigenvalue weighted by Gasteiger charge is 2.50. The molecule has 0 aromatic carbocycles. The molecule has 0 bridgehead atoms. The minimum atomic E-state index is -0.541. The summed E-state index contributed by atoms with van der Waals surface area (Å²) in [6.45, 7) is 1.73. The van der Waals surface area contributed by atoms with Gasteiger partial charge in [0, 0.05) is 0 Å². The fourth-order valence-electron chi connectivity index (χ4n) is 1.07. The van der Waals surface area contributed by atoms with Gasteiger partial charge >= 0.3 is 5.97 Å². The molecule has 0 saturated heterocycles. The van der Waals surface area contributed by atoms with Crippen molar-refractivity contribution in [2.75, 3.05) is 13.7 Å². The highest BCUT2D eigenvalue weighted by molar-refractivity contribution is 5.85. The number of esters is 1. The Morgan fingerprint density at radius 1 is 1.50 bits per heavy atom. The van der Waals surface area contributed by atoms with E-state index in [1.165, 1.54) is 14.0 Å². The second-order valence-electron chi connectivity index (χ2n) is 3.13. The van der Waals surface area contributed by atoms with E-state index in [9.17, 15) is 9.59 Å². The van der Waals surface area contributed by atoms with Crippen LogP contribution in [-0.4, -0.2) is 30.9 Å². The average Bonchev–Trinajstić information content (AvgIpc) is 2.80. The Balaban J connectivity index is 2.39. The molecule has 0 amide bonds. The van der Waals surface area contributed by atoms with Crippen molar-refractivity contribution < 1.29 is 14.3 Å². The molecule has 0 spiro atoms. The Bertz CT molecular complexity index is 208. The van der Waals surface area contributed by atoms with Crippen molar-refractivity contribution in [2.45, 2.75) is 25.3 Å². The molecule has 1 saturated carbocycles. The van der Waals surface area contributed by atoms with Crippen LogP contribution in [0.3, 0.4) is 0 Å². The Kier molecular flexibility index (Phi) is 2.47. The fraction of sp³-hybridized carbons (Fsp3) is 0.750. The van der Waals surface area contributed by atoms with Gasteiger partial charge in [-0.2, -0.15) is 0 Å². The van der Waals surface area contributed by atoms with Crippen LogP contribution in [0, 0.1) is 0 Å². The fourth-order valence-corrected chi connectivity index (χ4v) is 1.07. The van der Waals surface area contributed by atoms with Gasteiger partial charge in [-0.3, -0.25) is 14.9 Å².